The van der Waals surface area contributed by atoms with E-state index < -0.39 is 6.10 Å². The van der Waals surface area contributed by atoms with Crippen molar-refractivity contribution in [2.75, 3.05) is 18.7 Å². The third kappa shape index (κ3) is 5.34. The van der Waals surface area contributed by atoms with Gasteiger partial charge in [-0.2, -0.15) is 0 Å². The molecule has 1 heterocycles. The van der Waals surface area contributed by atoms with Crippen LogP contribution in [0, 0.1) is 5.92 Å². The molecule has 1 aromatic rings. The number of carbonyl (C=O) groups excluding carboxylic acids is 2. The van der Waals surface area contributed by atoms with Crippen LogP contribution in [0.1, 0.15) is 32.8 Å². The minimum absolute atomic E-state index is 0.124. The standard InChI is InChI=1S/C17H23N3O4/c1-11(2)9-23-10-18-17(22)16-8-15(20-24-16)13-4-6-14(7-5-13)19-12(3)21/h4-7,11,16H,8-10H2,1-3H3,(H,18,22)(H,19,21). The molecule has 130 valence electrons. The van der Waals surface area contributed by atoms with Gasteiger partial charge in [-0.15, -0.1) is 0 Å². The van der Waals surface area contributed by atoms with Crippen LogP contribution in [-0.2, 0) is 19.2 Å². The zero-order valence-electron chi connectivity index (χ0n) is 14.2. The van der Waals surface area contributed by atoms with E-state index >= 15 is 0 Å². The molecule has 0 aromatic heterocycles. The van der Waals surface area contributed by atoms with E-state index in [9.17, 15) is 9.59 Å². The summed E-state index contributed by atoms with van der Waals surface area (Å²) in [6.45, 7) is 6.29. The van der Waals surface area contributed by atoms with Crippen LogP contribution < -0.4 is 10.6 Å². The number of carbonyl (C=O) groups is 2. The molecule has 0 radical (unpaired) electrons. The third-order valence-electron chi connectivity index (χ3n) is 3.30. The maximum absolute atomic E-state index is 12.0. The van der Waals surface area contributed by atoms with E-state index in [0.717, 1.165) is 5.56 Å². The molecule has 0 saturated heterocycles. The summed E-state index contributed by atoms with van der Waals surface area (Å²) in [5, 5.41) is 9.36. The van der Waals surface area contributed by atoms with Gasteiger partial charge < -0.3 is 20.2 Å². The van der Waals surface area contributed by atoms with Crippen LogP contribution >= 0.6 is 0 Å². The van der Waals surface area contributed by atoms with Gasteiger partial charge >= 0.3 is 0 Å². The molecule has 2 amide bonds. The van der Waals surface area contributed by atoms with Crippen molar-refractivity contribution in [1.82, 2.24) is 5.32 Å². The van der Waals surface area contributed by atoms with Gasteiger partial charge in [0, 0.05) is 19.0 Å². The molecule has 1 atom stereocenters. The van der Waals surface area contributed by atoms with Crippen molar-refractivity contribution in [3.05, 3.63) is 29.8 Å². The predicted molar refractivity (Wildman–Crippen MR) is 90.6 cm³/mol. The van der Waals surface area contributed by atoms with Crippen molar-refractivity contribution < 1.29 is 19.2 Å². The van der Waals surface area contributed by atoms with E-state index in [1.165, 1.54) is 6.92 Å². The van der Waals surface area contributed by atoms with Gasteiger partial charge in [0.15, 0.2) is 0 Å². The van der Waals surface area contributed by atoms with Crippen molar-refractivity contribution in [3.63, 3.8) is 0 Å². The number of rotatable bonds is 7. The first-order valence-electron chi connectivity index (χ1n) is 7.92. The average molecular weight is 333 g/mol. The number of hydrogen-bond donors (Lipinski definition) is 2. The highest BCUT2D eigenvalue weighted by molar-refractivity contribution is 6.04. The summed E-state index contributed by atoms with van der Waals surface area (Å²) < 4.78 is 5.32. The summed E-state index contributed by atoms with van der Waals surface area (Å²) in [7, 11) is 0. The van der Waals surface area contributed by atoms with Crippen LogP contribution in [0.5, 0.6) is 0 Å². The summed E-state index contributed by atoms with van der Waals surface area (Å²) in [4.78, 5) is 28.2. The van der Waals surface area contributed by atoms with Crippen LogP contribution in [0.25, 0.3) is 0 Å². The van der Waals surface area contributed by atoms with Crippen molar-refractivity contribution in [2.24, 2.45) is 11.1 Å². The molecule has 24 heavy (non-hydrogen) atoms. The molecule has 7 heteroatoms. The minimum atomic E-state index is -0.641. The van der Waals surface area contributed by atoms with E-state index in [1.54, 1.807) is 12.1 Å². The number of nitrogens with zero attached hydrogens (tertiary/aromatic N) is 1. The lowest BCUT2D eigenvalue weighted by Gasteiger charge is -2.11. The first-order valence-corrected chi connectivity index (χ1v) is 7.92. The number of oxime groups is 1. The third-order valence-corrected chi connectivity index (χ3v) is 3.30. The van der Waals surface area contributed by atoms with E-state index in [0.29, 0.717) is 30.3 Å². The Kier molecular flexibility index (Phi) is 6.31. The quantitative estimate of drug-likeness (QED) is 0.589. The van der Waals surface area contributed by atoms with Crippen LogP contribution in [0.15, 0.2) is 29.4 Å². The maximum Gasteiger partial charge on any atom is 0.266 e. The molecule has 2 N–H and O–H groups in total. The Labute approximate surface area is 141 Å². The zero-order valence-corrected chi connectivity index (χ0v) is 14.2. The van der Waals surface area contributed by atoms with Crippen LogP contribution in [0.4, 0.5) is 5.69 Å². The molecular formula is C17H23N3O4. The van der Waals surface area contributed by atoms with Gasteiger partial charge in [0.2, 0.25) is 12.0 Å². The molecule has 2 rings (SSSR count). The molecule has 1 aromatic carbocycles. The number of benzene rings is 1. The first kappa shape index (κ1) is 17.9. The Morgan fingerprint density at radius 3 is 2.67 bits per heavy atom. The molecule has 0 saturated carbocycles. The highest BCUT2D eigenvalue weighted by Crippen LogP contribution is 2.18. The zero-order chi connectivity index (χ0) is 17.5. The minimum Gasteiger partial charge on any atom is -0.382 e. The first-order chi connectivity index (χ1) is 11.5. The summed E-state index contributed by atoms with van der Waals surface area (Å²) >= 11 is 0. The van der Waals surface area contributed by atoms with Gasteiger partial charge in [-0.3, -0.25) is 9.59 Å². The second kappa shape index (κ2) is 8.44. The monoisotopic (exact) mass is 333 g/mol. The lowest BCUT2D eigenvalue weighted by Crippen LogP contribution is -2.36. The SMILES string of the molecule is CC(=O)Nc1ccc(C2=NOC(C(=O)NCOCC(C)C)C2)cc1. The van der Waals surface area contributed by atoms with Crippen LogP contribution in [-0.4, -0.2) is 37.0 Å². The molecule has 0 bridgehead atoms. The van der Waals surface area contributed by atoms with Crippen molar-refractivity contribution >= 4 is 23.2 Å². The molecule has 0 aliphatic carbocycles. The molecule has 1 unspecified atom stereocenters. The smallest absolute Gasteiger partial charge is 0.266 e. The molecule has 1 aliphatic rings. The molecule has 0 spiro atoms. The number of amides is 2. The number of hydrogen-bond acceptors (Lipinski definition) is 5. The van der Waals surface area contributed by atoms with Gasteiger partial charge in [0.1, 0.15) is 6.73 Å². The fourth-order valence-electron chi connectivity index (χ4n) is 2.17. The van der Waals surface area contributed by atoms with E-state index in [2.05, 4.69) is 15.8 Å². The van der Waals surface area contributed by atoms with Gasteiger partial charge in [0.05, 0.1) is 12.3 Å². The fourth-order valence-corrected chi connectivity index (χ4v) is 2.17. The Morgan fingerprint density at radius 2 is 2.04 bits per heavy atom. The van der Waals surface area contributed by atoms with E-state index in [-0.39, 0.29) is 18.5 Å². The Balaban J connectivity index is 1.81. The average Bonchev–Trinajstić information content (AvgIpc) is 3.01. The van der Waals surface area contributed by atoms with E-state index in [1.807, 2.05) is 26.0 Å². The second-order valence-electron chi connectivity index (χ2n) is 6.04. The number of anilines is 1. The molecular weight excluding hydrogens is 310 g/mol. The van der Waals surface area contributed by atoms with Gasteiger partial charge in [-0.1, -0.05) is 31.1 Å². The largest absolute Gasteiger partial charge is 0.382 e. The molecule has 7 nitrogen and oxygen atoms in total. The summed E-state index contributed by atoms with van der Waals surface area (Å²) in [6.07, 6.45) is -0.243. The van der Waals surface area contributed by atoms with Crippen molar-refractivity contribution in [2.45, 2.75) is 33.3 Å². The molecule has 0 fully saturated rings. The van der Waals surface area contributed by atoms with Crippen molar-refractivity contribution in [3.8, 4) is 0 Å². The van der Waals surface area contributed by atoms with Crippen LogP contribution in [0.2, 0.25) is 0 Å². The Morgan fingerprint density at radius 1 is 1.33 bits per heavy atom. The maximum atomic E-state index is 12.0. The van der Waals surface area contributed by atoms with Gasteiger partial charge in [-0.05, 0) is 23.6 Å². The second-order valence-corrected chi connectivity index (χ2v) is 6.04. The fraction of sp³-hybridized carbons (Fsp3) is 0.471. The Hall–Kier alpha value is -2.41. The summed E-state index contributed by atoms with van der Waals surface area (Å²) in [5.74, 6) is 0.0492. The van der Waals surface area contributed by atoms with Crippen molar-refractivity contribution in [1.29, 1.82) is 0 Å². The number of ether oxygens (including phenoxy) is 1. The summed E-state index contributed by atoms with van der Waals surface area (Å²) in [5.41, 5.74) is 2.27. The normalized spacial score (nSPS) is 16.5. The van der Waals surface area contributed by atoms with Gasteiger partial charge in [-0.25, -0.2) is 0 Å². The lowest BCUT2D eigenvalue weighted by molar-refractivity contribution is -0.133. The summed E-state index contributed by atoms with van der Waals surface area (Å²) in [6, 6.07) is 7.23. The van der Waals surface area contributed by atoms with Crippen LogP contribution in [0.3, 0.4) is 0 Å². The topological polar surface area (TPSA) is 89.0 Å². The number of nitrogens with one attached hydrogen (secondary N) is 2. The van der Waals surface area contributed by atoms with E-state index in [4.69, 9.17) is 9.57 Å². The van der Waals surface area contributed by atoms with Gasteiger partial charge in [0.25, 0.3) is 5.91 Å². The Bertz CT molecular complexity index is 611. The lowest BCUT2D eigenvalue weighted by atomic mass is 10.0. The highest BCUT2D eigenvalue weighted by Gasteiger charge is 2.28. The predicted octanol–water partition coefficient (Wildman–Crippen LogP) is 1.88. The molecule has 1 aliphatic heterocycles. The highest BCUT2D eigenvalue weighted by atomic mass is 16.6.